The van der Waals surface area contributed by atoms with Gasteiger partial charge in [-0.15, -0.1) is 0 Å². The van der Waals surface area contributed by atoms with Crippen LogP contribution in [0.1, 0.15) is 41.2 Å². The van der Waals surface area contributed by atoms with Crippen LogP contribution in [0.5, 0.6) is 0 Å². The normalized spacial score (nSPS) is 17.8. The van der Waals surface area contributed by atoms with Crippen LogP contribution in [0.3, 0.4) is 0 Å². The second-order valence-electron chi connectivity index (χ2n) is 6.92. The monoisotopic (exact) mass is 350 g/mol. The zero-order chi connectivity index (χ0) is 18.4. The topological polar surface area (TPSA) is 80.5 Å². The maximum atomic E-state index is 12.3. The third-order valence-electron chi connectivity index (χ3n) is 4.94. The average Bonchev–Trinajstić information content (AvgIpc) is 3.04. The third kappa shape index (κ3) is 2.58. The first-order valence-corrected chi connectivity index (χ1v) is 8.54. The Morgan fingerprint density at radius 3 is 2.73 bits per heavy atom. The SMILES string of the molecule is CN(C)C(=O)c1ccc2c(ccc3onc(C4CCC(=O)CC4=O)c32)c1. The Hall–Kier alpha value is -3.02. The van der Waals surface area contributed by atoms with E-state index in [1.165, 1.54) is 4.90 Å². The number of amides is 1. The van der Waals surface area contributed by atoms with Gasteiger partial charge in [-0.3, -0.25) is 14.4 Å². The van der Waals surface area contributed by atoms with E-state index in [0.29, 0.717) is 29.7 Å². The van der Waals surface area contributed by atoms with Gasteiger partial charge in [-0.2, -0.15) is 0 Å². The van der Waals surface area contributed by atoms with E-state index in [2.05, 4.69) is 5.16 Å². The molecule has 26 heavy (non-hydrogen) atoms. The molecule has 1 aliphatic rings. The second kappa shape index (κ2) is 6.05. The van der Waals surface area contributed by atoms with Crippen molar-refractivity contribution in [3.8, 4) is 0 Å². The fourth-order valence-electron chi connectivity index (χ4n) is 3.58. The summed E-state index contributed by atoms with van der Waals surface area (Å²) in [5, 5.41) is 6.71. The Balaban J connectivity index is 1.87. The van der Waals surface area contributed by atoms with Gasteiger partial charge in [0.2, 0.25) is 0 Å². The van der Waals surface area contributed by atoms with Crippen LogP contribution in [0.25, 0.3) is 21.7 Å². The number of carbonyl (C=O) groups is 3. The Labute approximate surface area is 149 Å². The van der Waals surface area contributed by atoms with Crippen LogP contribution in [-0.2, 0) is 9.59 Å². The number of benzene rings is 2. The van der Waals surface area contributed by atoms with E-state index < -0.39 is 5.92 Å². The van der Waals surface area contributed by atoms with E-state index in [9.17, 15) is 14.4 Å². The summed E-state index contributed by atoms with van der Waals surface area (Å²) in [6.45, 7) is 0. The number of fused-ring (bicyclic) bond motifs is 3. The van der Waals surface area contributed by atoms with Crippen molar-refractivity contribution in [1.82, 2.24) is 10.1 Å². The molecule has 1 heterocycles. The molecule has 0 spiro atoms. The van der Waals surface area contributed by atoms with Crippen molar-refractivity contribution >= 4 is 39.2 Å². The van der Waals surface area contributed by atoms with Crippen LogP contribution in [0.4, 0.5) is 0 Å². The largest absolute Gasteiger partial charge is 0.356 e. The number of aromatic nitrogens is 1. The number of ketones is 2. The first-order chi connectivity index (χ1) is 12.5. The number of carbonyl (C=O) groups excluding carboxylic acids is 3. The van der Waals surface area contributed by atoms with Crippen molar-refractivity contribution in [2.45, 2.75) is 25.2 Å². The van der Waals surface area contributed by atoms with Gasteiger partial charge < -0.3 is 9.42 Å². The van der Waals surface area contributed by atoms with Crippen LogP contribution >= 0.6 is 0 Å². The summed E-state index contributed by atoms with van der Waals surface area (Å²) in [6, 6.07) is 9.16. The molecule has 0 aliphatic heterocycles. The van der Waals surface area contributed by atoms with Gasteiger partial charge in [-0.25, -0.2) is 0 Å². The van der Waals surface area contributed by atoms with Gasteiger partial charge in [0.15, 0.2) is 5.58 Å². The molecule has 2 aromatic carbocycles. The molecule has 1 saturated carbocycles. The molecule has 6 nitrogen and oxygen atoms in total. The van der Waals surface area contributed by atoms with Gasteiger partial charge in [0.1, 0.15) is 17.3 Å². The molecule has 1 aliphatic carbocycles. The Morgan fingerprint density at radius 2 is 2.00 bits per heavy atom. The van der Waals surface area contributed by atoms with E-state index in [0.717, 1.165) is 16.2 Å². The summed E-state index contributed by atoms with van der Waals surface area (Å²) < 4.78 is 5.44. The van der Waals surface area contributed by atoms with Gasteiger partial charge in [0.05, 0.1) is 17.7 Å². The highest BCUT2D eigenvalue weighted by Crippen LogP contribution is 2.36. The number of hydrogen-bond acceptors (Lipinski definition) is 5. The highest BCUT2D eigenvalue weighted by molar-refractivity contribution is 6.12. The maximum Gasteiger partial charge on any atom is 0.253 e. The molecule has 1 unspecified atom stereocenters. The summed E-state index contributed by atoms with van der Waals surface area (Å²) in [7, 11) is 3.42. The van der Waals surface area contributed by atoms with Gasteiger partial charge in [0.25, 0.3) is 5.91 Å². The Morgan fingerprint density at radius 1 is 1.19 bits per heavy atom. The van der Waals surface area contributed by atoms with Crippen molar-refractivity contribution in [3.63, 3.8) is 0 Å². The quantitative estimate of drug-likeness (QED) is 0.664. The number of hydrogen-bond donors (Lipinski definition) is 0. The molecule has 3 aromatic rings. The third-order valence-corrected chi connectivity index (χ3v) is 4.94. The van der Waals surface area contributed by atoms with Gasteiger partial charge in [-0.05, 0) is 35.4 Å². The minimum atomic E-state index is -0.414. The molecule has 0 N–H and O–H groups in total. The van der Waals surface area contributed by atoms with Crippen LogP contribution in [-0.4, -0.2) is 41.6 Å². The molecule has 0 radical (unpaired) electrons. The lowest BCUT2D eigenvalue weighted by Crippen LogP contribution is -2.23. The van der Waals surface area contributed by atoms with Crippen LogP contribution in [0, 0.1) is 0 Å². The second-order valence-corrected chi connectivity index (χ2v) is 6.92. The molecule has 132 valence electrons. The lowest BCUT2D eigenvalue weighted by Gasteiger charge is -2.18. The van der Waals surface area contributed by atoms with Crippen LogP contribution in [0.15, 0.2) is 34.9 Å². The minimum Gasteiger partial charge on any atom is -0.356 e. The average molecular weight is 350 g/mol. The fraction of sp³-hybridized carbons (Fsp3) is 0.300. The van der Waals surface area contributed by atoms with Crippen molar-refractivity contribution in [3.05, 3.63) is 41.6 Å². The zero-order valence-corrected chi connectivity index (χ0v) is 14.6. The maximum absolute atomic E-state index is 12.3. The van der Waals surface area contributed by atoms with Gasteiger partial charge in [-0.1, -0.05) is 17.3 Å². The van der Waals surface area contributed by atoms with Crippen molar-refractivity contribution in [2.24, 2.45) is 0 Å². The molecule has 1 aromatic heterocycles. The number of nitrogens with zero attached hydrogens (tertiary/aromatic N) is 2. The van der Waals surface area contributed by atoms with E-state index in [4.69, 9.17) is 4.52 Å². The number of rotatable bonds is 2. The molecular formula is C20H18N2O4. The predicted molar refractivity (Wildman–Crippen MR) is 96.1 cm³/mol. The number of Topliss-reactive ketones (excluding diaryl/α,β-unsaturated/α-hetero) is 2. The first-order valence-electron chi connectivity index (χ1n) is 8.54. The predicted octanol–water partition coefficient (Wildman–Crippen LogP) is 3.09. The minimum absolute atomic E-state index is 0.0178. The van der Waals surface area contributed by atoms with Crippen molar-refractivity contribution < 1.29 is 18.9 Å². The van der Waals surface area contributed by atoms with Crippen LogP contribution in [0.2, 0.25) is 0 Å². The molecule has 1 atom stereocenters. The molecule has 0 saturated heterocycles. The smallest absolute Gasteiger partial charge is 0.253 e. The highest BCUT2D eigenvalue weighted by Gasteiger charge is 2.32. The van der Waals surface area contributed by atoms with E-state index in [1.54, 1.807) is 26.2 Å². The molecule has 0 bridgehead atoms. The highest BCUT2D eigenvalue weighted by atomic mass is 16.5. The Bertz CT molecular complexity index is 1060. The van der Waals surface area contributed by atoms with E-state index in [-0.39, 0.29) is 23.9 Å². The van der Waals surface area contributed by atoms with Crippen LogP contribution < -0.4 is 0 Å². The molecule has 6 heteroatoms. The van der Waals surface area contributed by atoms with Gasteiger partial charge >= 0.3 is 0 Å². The summed E-state index contributed by atoms with van der Waals surface area (Å²) in [4.78, 5) is 37.6. The summed E-state index contributed by atoms with van der Waals surface area (Å²) in [6.07, 6.45) is 0.815. The van der Waals surface area contributed by atoms with E-state index in [1.807, 2.05) is 18.2 Å². The standard InChI is InChI=1S/C20H18N2O4/c1-22(2)20(25)12-3-6-14-11(9-12)4-8-17-18(14)19(21-26-17)15-7-5-13(23)10-16(15)24/h3-4,6,8-9,15H,5,7,10H2,1-2H3. The molecule has 1 amide bonds. The first kappa shape index (κ1) is 16.4. The lowest BCUT2D eigenvalue weighted by atomic mass is 9.83. The summed E-state index contributed by atoms with van der Waals surface area (Å²) in [5.41, 5.74) is 1.79. The fourth-order valence-corrected chi connectivity index (χ4v) is 3.58. The summed E-state index contributed by atoms with van der Waals surface area (Å²) >= 11 is 0. The lowest BCUT2D eigenvalue weighted by molar-refractivity contribution is -0.130. The molecule has 4 rings (SSSR count). The summed E-state index contributed by atoms with van der Waals surface area (Å²) in [5.74, 6) is -0.607. The van der Waals surface area contributed by atoms with Crippen molar-refractivity contribution in [1.29, 1.82) is 0 Å². The zero-order valence-electron chi connectivity index (χ0n) is 14.6. The van der Waals surface area contributed by atoms with E-state index >= 15 is 0 Å². The molecule has 1 fully saturated rings. The van der Waals surface area contributed by atoms with Crippen molar-refractivity contribution in [2.75, 3.05) is 14.1 Å². The van der Waals surface area contributed by atoms with Gasteiger partial charge in [0, 0.05) is 26.1 Å². The Kier molecular flexibility index (Phi) is 3.83. The molecular weight excluding hydrogens is 332 g/mol.